The van der Waals surface area contributed by atoms with Crippen molar-refractivity contribution >= 4 is 22.3 Å². The summed E-state index contributed by atoms with van der Waals surface area (Å²) in [7, 11) is -4.81. The molecule has 0 heterocycles. The second-order valence-electron chi connectivity index (χ2n) is 13.3. The minimum atomic E-state index is -4.81. The van der Waals surface area contributed by atoms with Crippen LogP contribution in [-0.4, -0.2) is 49.0 Å². The Morgan fingerprint density at radius 1 is 0.532 bits per heavy atom. The molecule has 10 heteroatoms. The second kappa shape index (κ2) is 33.3. The van der Waals surface area contributed by atoms with Crippen LogP contribution in [0.2, 0.25) is 0 Å². The van der Waals surface area contributed by atoms with Crippen molar-refractivity contribution in [3.8, 4) is 0 Å². The number of carbonyl (C=O) groups excluding carboxylic acids is 2. The molecule has 47 heavy (non-hydrogen) atoms. The highest BCUT2D eigenvalue weighted by atomic mass is 32.3. The summed E-state index contributed by atoms with van der Waals surface area (Å²) in [5.74, 6) is -1.08. The number of aliphatic hydroxyl groups excluding tert-OH is 1. The zero-order valence-corrected chi connectivity index (χ0v) is 31.1. The molecule has 2 N–H and O–H groups in total. The molecule has 0 radical (unpaired) electrons. The molecule has 0 aliphatic rings. The van der Waals surface area contributed by atoms with E-state index in [9.17, 15) is 23.1 Å². The van der Waals surface area contributed by atoms with Crippen molar-refractivity contribution in [2.24, 2.45) is 0 Å². The fraction of sp³-hybridized carbons (Fsp3) is 0.946. The van der Waals surface area contributed by atoms with Crippen molar-refractivity contribution in [3.63, 3.8) is 0 Å². The third-order valence-corrected chi connectivity index (χ3v) is 9.17. The molecule has 1 atom stereocenters. The predicted octanol–water partition coefficient (Wildman–Crippen LogP) is 10.3. The number of rotatable bonds is 36. The molecule has 0 amide bonds. The molecule has 0 aromatic rings. The minimum Gasteiger partial charge on any atom is -0.425 e. The van der Waals surface area contributed by atoms with Gasteiger partial charge in [-0.25, -0.2) is 4.18 Å². The number of hydrogen-bond donors (Lipinski definition) is 2. The normalized spacial score (nSPS) is 12.4. The number of unbranched alkanes of at least 4 members (excludes halogenated alkanes) is 24. The van der Waals surface area contributed by atoms with E-state index in [0.717, 1.165) is 38.5 Å². The quantitative estimate of drug-likeness (QED) is 0.0284. The van der Waals surface area contributed by atoms with Crippen molar-refractivity contribution in [2.75, 3.05) is 6.61 Å². The van der Waals surface area contributed by atoms with Crippen LogP contribution in [0.5, 0.6) is 0 Å². The van der Waals surface area contributed by atoms with E-state index in [1.54, 1.807) is 0 Å². The van der Waals surface area contributed by atoms with Crippen LogP contribution in [0.25, 0.3) is 0 Å². The van der Waals surface area contributed by atoms with Crippen molar-refractivity contribution in [1.82, 2.24) is 0 Å². The Morgan fingerprint density at radius 3 is 1.11 bits per heavy atom. The maximum Gasteiger partial charge on any atom is 0.397 e. The van der Waals surface area contributed by atoms with Gasteiger partial charge in [0, 0.05) is 25.9 Å². The Hall–Kier alpha value is -1.23. The maximum absolute atomic E-state index is 12.6. The average molecular weight is 693 g/mol. The lowest BCUT2D eigenvalue weighted by atomic mass is 10.0. The fourth-order valence-electron chi connectivity index (χ4n) is 5.84. The highest BCUT2D eigenvalue weighted by Gasteiger charge is 2.27. The second-order valence-corrected chi connectivity index (χ2v) is 14.3. The number of ether oxygens (including phenoxy) is 2. The molecule has 280 valence electrons. The molecule has 0 bridgehead atoms. The van der Waals surface area contributed by atoms with Crippen LogP contribution in [0.15, 0.2) is 0 Å². The SMILES string of the molecule is CCCCCCCCCCCCCCCC(=O)OC(CC(CCO)OS(=O)(=O)O)OC(=O)CCCCCCCCCCCCCCC. The molecule has 0 saturated heterocycles. The molecule has 0 spiro atoms. The zero-order valence-electron chi connectivity index (χ0n) is 30.2. The van der Waals surface area contributed by atoms with E-state index in [1.165, 1.54) is 116 Å². The van der Waals surface area contributed by atoms with E-state index in [-0.39, 0.29) is 25.7 Å². The number of carbonyl (C=O) groups is 2. The van der Waals surface area contributed by atoms with Gasteiger partial charge in [0.15, 0.2) is 0 Å². The summed E-state index contributed by atoms with van der Waals surface area (Å²) >= 11 is 0. The molecule has 0 saturated carbocycles. The summed E-state index contributed by atoms with van der Waals surface area (Å²) in [6, 6.07) is 0. The van der Waals surface area contributed by atoms with Gasteiger partial charge in [-0.1, -0.05) is 168 Å². The van der Waals surface area contributed by atoms with Crippen LogP contribution in [0.1, 0.15) is 206 Å². The van der Waals surface area contributed by atoms with E-state index in [2.05, 4.69) is 18.0 Å². The van der Waals surface area contributed by atoms with Crippen molar-refractivity contribution in [2.45, 2.75) is 219 Å². The largest absolute Gasteiger partial charge is 0.425 e. The minimum absolute atomic E-state index is 0.150. The summed E-state index contributed by atoms with van der Waals surface area (Å²) in [4.78, 5) is 25.2. The Bertz CT molecular complexity index is 775. The number of esters is 2. The van der Waals surface area contributed by atoms with Crippen LogP contribution < -0.4 is 0 Å². The first-order valence-electron chi connectivity index (χ1n) is 19.4. The molecule has 0 fully saturated rings. The van der Waals surface area contributed by atoms with Crippen molar-refractivity contribution in [1.29, 1.82) is 0 Å². The van der Waals surface area contributed by atoms with E-state index in [4.69, 9.17) is 14.0 Å². The highest BCUT2D eigenvalue weighted by Crippen LogP contribution is 2.18. The lowest BCUT2D eigenvalue weighted by molar-refractivity contribution is -0.192. The summed E-state index contributed by atoms with van der Waals surface area (Å²) in [6.07, 6.45) is 28.2. The van der Waals surface area contributed by atoms with Crippen molar-refractivity contribution in [3.05, 3.63) is 0 Å². The Kier molecular flexibility index (Phi) is 32.4. The molecule has 0 rings (SSSR count). The third kappa shape index (κ3) is 34.4. The third-order valence-electron chi connectivity index (χ3n) is 8.66. The maximum atomic E-state index is 12.6. The topological polar surface area (TPSA) is 136 Å². The van der Waals surface area contributed by atoms with Crippen LogP contribution in [0.4, 0.5) is 0 Å². The van der Waals surface area contributed by atoms with Crippen LogP contribution in [0, 0.1) is 0 Å². The van der Waals surface area contributed by atoms with Gasteiger partial charge in [-0.05, 0) is 19.3 Å². The van der Waals surface area contributed by atoms with Crippen LogP contribution in [-0.2, 0) is 33.6 Å². The summed E-state index contributed by atoms with van der Waals surface area (Å²) < 4.78 is 47.1. The van der Waals surface area contributed by atoms with E-state index >= 15 is 0 Å². The molecule has 0 aliphatic heterocycles. The molecule has 9 nitrogen and oxygen atoms in total. The van der Waals surface area contributed by atoms with Gasteiger partial charge in [0.05, 0.1) is 6.10 Å². The molecule has 1 unspecified atom stereocenters. The van der Waals surface area contributed by atoms with Gasteiger partial charge >= 0.3 is 22.3 Å². The van der Waals surface area contributed by atoms with Crippen LogP contribution >= 0.6 is 0 Å². The first-order chi connectivity index (χ1) is 22.7. The zero-order chi connectivity index (χ0) is 34.9. The fourth-order valence-corrected chi connectivity index (χ4v) is 6.36. The molecule has 0 aliphatic carbocycles. The summed E-state index contributed by atoms with van der Waals surface area (Å²) in [5.41, 5.74) is 0. The average Bonchev–Trinajstić information content (AvgIpc) is 3.01. The first kappa shape index (κ1) is 45.8. The predicted molar refractivity (Wildman–Crippen MR) is 189 cm³/mol. The van der Waals surface area contributed by atoms with Crippen molar-refractivity contribution < 1.29 is 41.3 Å². The molecule has 0 aromatic heterocycles. The monoisotopic (exact) mass is 692 g/mol. The van der Waals surface area contributed by atoms with Gasteiger partial charge in [0.25, 0.3) is 0 Å². The van der Waals surface area contributed by atoms with Gasteiger partial charge < -0.3 is 14.6 Å². The Labute approximate surface area is 288 Å². The van der Waals surface area contributed by atoms with Crippen LogP contribution in [0.3, 0.4) is 0 Å². The molecule has 0 aromatic carbocycles. The standard InChI is InChI=1S/C37H72O9S/c1-3-5-7-9-11-13-15-17-19-21-23-25-27-29-35(39)44-37(33-34(31-32-38)46-47(41,42)43)45-36(40)30-28-26-24-22-20-18-16-14-12-10-8-6-4-2/h34,37-38H,3-33H2,1-2H3,(H,41,42,43). The van der Waals surface area contributed by atoms with Gasteiger partial charge in [-0.2, -0.15) is 8.42 Å². The van der Waals surface area contributed by atoms with E-state index in [0.29, 0.717) is 12.8 Å². The van der Waals surface area contributed by atoms with E-state index < -0.39 is 41.3 Å². The highest BCUT2D eigenvalue weighted by molar-refractivity contribution is 7.80. The Balaban J connectivity index is 4.37. The van der Waals surface area contributed by atoms with Gasteiger partial charge in [-0.3, -0.25) is 14.1 Å². The van der Waals surface area contributed by atoms with Gasteiger partial charge in [-0.15, -0.1) is 0 Å². The first-order valence-corrected chi connectivity index (χ1v) is 20.7. The lowest BCUT2D eigenvalue weighted by Gasteiger charge is -2.22. The number of aliphatic hydroxyl groups is 1. The van der Waals surface area contributed by atoms with Gasteiger partial charge in [0.2, 0.25) is 6.29 Å². The smallest absolute Gasteiger partial charge is 0.397 e. The Morgan fingerprint density at radius 2 is 0.830 bits per heavy atom. The summed E-state index contributed by atoms with van der Waals surface area (Å²) in [5, 5.41) is 9.31. The number of hydrogen-bond acceptors (Lipinski definition) is 8. The van der Waals surface area contributed by atoms with Gasteiger partial charge in [0.1, 0.15) is 0 Å². The molecular weight excluding hydrogens is 620 g/mol. The van der Waals surface area contributed by atoms with E-state index in [1.807, 2.05) is 0 Å². The summed E-state index contributed by atoms with van der Waals surface area (Å²) in [6.45, 7) is 4.05. The molecular formula is C37H72O9S. The lowest BCUT2D eigenvalue weighted by Crippen LogP contribution is -2.31.